The van der Waals surface area contributed by atoms with Crippen molar-refractivity contribution in [1.29, 1.82) is 0 Å². The van der Waals surface area contributed by atoms with Crippen LogP contribution in [0.1, 0.15) is 33.7 Å². The second-order valence-corrected chi connectivity index (χ2v) is 5.60. The maximum absolute atomic E-state index is 11.4. The van der Waals surface area contributed by atoms with Crippen LogP contribution < -0.4 is 0 Å². The van der Waals surface area contributed by atoms with Gasteiger partial charge in [-0.15, -0.1) is 0 Å². The third-order valence-electron chi connectivity index (χ3n) is 4.10. The smallest absolute Gasteiger partial charge is 0.356 e. The van der Waals surface area contributed by atoms with E-state index in [2.05, 4.69) is 5.10 Å². The Balaban J connectivity index is 2.10. The minimum Gasteiger partial charge on any atom is -0.481 e. The zero-order valence-corrected chi connectivity index (χ0v) is 12.1. The molecule has 0 amide bonds. The Labute approximate surface area is 127 Å². The highest BCUT2D eigenvalue weighted by atomic mass is 16.4. The molecule has 0 radical (unpaired) electrons. The van der Waals surface area contributed by atoms with Gasteiger partial charge in [-0.05, 0) is 38.3 Å². The number of aryl methyl sites for hydroxylation is 1. The Morgan fingerprint density at radius 3 is 2.50 bits per heavy atom. The van der Waals surface area contributed by atoms with Gasteiger partial charge in [-0.1, -0.05) is 17.7 Å². The van der Waals surface area contributed by atoms with Gasteiger partial charge in [-0.3, -0.25) is 4.79 Å². The van der Waals surface area contributed by atoms with Crippen LogP contribution in [0.25, 0.3) is 5.69 Å². The lowest BCUT2D eigenvalue weighted by molar-refractivity contribution is -0.142. The number of carboxylic acids is 2. The van der Waals surface area contributed by atoms with E-state index < -0.39 is 17.9 Å². The van der Waals surface area contributed by atoms with Crippen LogP contribution in [-0.4, -0.2) is 31.9 Å². The summed E-state index contributed by atoms with van der Waals surface area (Å²) in [5.74, 6) is -2.54. The van der Waals surface area contributed by atoms with E-state index in [1.54, 1.807) is 4.68 Å². The summed E-state index contributed by atoms with van der Waals surface area (Å²) in [6, 6.07) is 7.65. The van der Waals surface area contributed by atoms with Crippen LogP contribution in [0.5, 0.6) is 0 Å². The molecule has 0 spiro atoms. The van der Waals surface area contributed by atoms with Crippen LogP contribution in [0.3, 0.4) is 0 Å². The molecule has 0 saturated carbocycles. The highest BCUT2D eigenvalue weighted by Gasteiger charge is 2.32. The molecule has 2 aromatic rings. The van der Waals surface area contributed by atoms with Gasteiger partial charge in [-0.25, -0.2) is 9.48 Å². The first-order valence-corrected chi connectivity index (χ1v) is 7.11. The predicted molar refractivity (Wildman–Crippen MR) is 78.4 cm³/mol. The summed E-state index contributed by atoms with van der Waals surface area (Å²) in [5, 5.41) is 22.7. The molecule has 1 aromatic heterocycles. The molecular weight excluding hydrogens is 284 g/mol. The highest BCUT2D eigenvalue weighted by molar-refractivity contribution is 5.88. The van der Waals surface area contributed by atoms with Gasteiger partial charge in [0.1, 0.15) is 0 Å². The van der Waals surface area contributed by atoms with Gasteiger partial charge < -0.3 is 10.2 Å². The average molecular weight is 300 g/mol. The number of benzene rings is 1. The first-order valence-electron chi connectivity index (χ1n) is 7.11. The van der Waals surface area contributed by atoms with Crippen molar-refractivity contribution in [3.8, 4) is 5.69 Å². The molecule has 0 bridgehead atoms. The molecule has 114 valence electrons. The molecule has 0 aliphatic heterocycles. The molecule has 1 aromatic carbocycles. The van der Waals surface area contributed by atoms with Gasteiger partial charge in [0.2, 0.25) is 0 Å². The minimum absolute atomic E-state index is 0.0403. The second kappa shape index (κ2) is 5.29. The van der Waals surface area contributed by atoms with Gasteiger partial charge in [-0.2, -0.15) is 5.10 Å². The third-order valence-corrected chi connectivity index (χ3v) is 4.10. The number of hydrogen-bond donors (Lipinski definition) is 2. The summed E-state index contributed by atoms with van der Waals surface area (Å²) in [7, 11) is 0. The van der Waals surface area contributed by atoms with E-state index in [9.17, 15) is 19.8 Å². The van der Waals surface area contributed by atoms with Gasteiger partial charge >= 0.3 is 11.9 Å². The summed E-state index contributed by atoms with van der Waals surface area (Å²) in [4.78, 5) is 22.6. The number of aromatic nitrogens is 2. The standard InChI is InChI=1S/C16H16N2O4/c1-9-2-5-11(6-3-9)18-13-7-4-10(15(19)20)8-12(13)14(17-18)16(21)22/h2-3,5-6,10H,4,7-8H2,1H3,(H,19,20)(H,21,22). The molecule has 6 nitrogen and oxygen atoms in total. The minimum atomic E-state index is -1.12. The van der Waals surface area contributed by atoms with Gasteiger partial charge in [0.15, 0.2) is 5.69 Å². The largest absolute Gasteiger partial charge is 0.481 e. The summed E-state index contributed by atoms with van der Waals surface area (Å²) in [5.41, 5.74) is 3.21. The molecule has 1 heterocycles. The molecule has 1 unspecified atom stereocenters. The maximum Gasteiger partial charge on any atom is 0.356 e. The van der Waals surface area contributed by atoms with Crippen molar-refractivity contribution in [1.82, 2.24) is 9.78 Å². The van der Waals surface area contributed by atoms with E-state index in [4.69, 9.17) is 0 Å². The van der Waals surface area contributed by atoms with Crippen molar-refractivity contribution in [2.75, 3.05) is 0 Å². The average Bonchev–Trinajstić information content (AvgIpc) is 2.87. The van der Waals surface area contributed by atoms with E-state index in [-0.39, 0.29) is 12.1 Å². The van der Waals surface area contributed by atoms with Crippen LogP contribution >= 0.6 is 0 Å². The maximum atomic E-state index is 11.4. The van der Waals surface area contributed by atoms with Crippen molar-refractivity contribution in [3.05, 3.63) is 46.8 Å². The molecule has 6 heteroatoms. The number of hydrogen-bond acceptors (Lipinski definition) is 3. The van der Waals surface area contributed by atoms with Crippen molar-refractivity contribution in [3.63, 3.8) is 0 Å². The number of carbonyl (C=O) groups is 2. The van der Waals surface area contributed by atoms with E-state index in [0.717, 1.165) is 16.9 Å². The van der Waals surface area contributed by atoms with Crippen LogP contribution in [0.2, 0.25) is 0 Å². The number of aromatic carboxylic acids is 1. The van der Waals surface area contributed by atoms with Crippen LogP contribution in [0.4, 0.5) is 0 Å². The summed E-state index contributed by atoms with van der Waals surface area (Å²) < 4.78 is 1.64. The molecule has 3 rings (SSSR count). The number of fused-ring (bicyclic) bond motifs is 1. The first kappa shape index (κ1) is 14.3. The number of aliphatic carboxylic acids is 1. The predicted octanol–water partition coefficient (Wildman–Crippen LogP) is 2.07. The molecule has 1 aliphatic rings. The number of rotatable bonds is 3. The lowest BCUT2D eigenvalue weighted by Gasteiger charge is -2.20. The van der Waals surface area contributed by atoms with Crippen LogP contribution in [0.15, 0.2) is 24.3 Å². The van der Waals surface area contributed by atoms with Crippen LogP contribution in [0, 0.1) is 12.8 Å². The normalized spacial score (nSPS) is 17.0. The van der Waals surface area contributed by atoms with Gasteiger partial charge in [0.25, 0.3) is 0 Å². The Kier molecular flexibility index (Phi) is 3.44. The number of carboxylic acid groups (broad SMARTS) is 2. The fourth-order valence-corrected chi connectivity index (χ4v) is 2.90. The van der Waals surface area contributed by atoms with E-state index in [1.165, 1.54) is 0 Å². The van der Waals surface area contributed by atoms with Gasteiger partial charge in [0, 0.05) is 11.3 Å². The summed E-state index contributed by atoms with van der Waals surface area (Å²) in [6.07, 6.45) is 1.23. The second-order valence-electron chi connectivity index (χ2n) is 5.60. The zero-order chi connectivity index (χ0) is 15.9. The SMILES string of the molecule is Cc1ccc(-n2nc(C(=O)O)c3c2CCC(C(=O)O)C3)cc1. The highest BCUT2D eigenvalue weighted by Crippen LogP contribution is 2.30. The van der Waals surface area contributed by atoms with Crippen molar-refractivity contribution in [2.24, 2.45) is 5.92 Å². The third kappa shape index (κ3) is 2.36. The molecular formula is C16H16N2O4. The van der Waals surface area contributed by atoms with Crippen molar-refractivity contribution in [2.45, 2.75) is 26.2 Å². The van der Waals surface area contributed by atoms with Crippen molar-refractivity contribution < 1.29 is 19.8 Å². The monoisotopic (exact) mass is 300 g/mol. The van der Waals surface area contributed by atoms with E-state index >= 15 is 0 Å². The van der Waals surface area contributed by atoms with E-state index in [0.29, 0.717) is 18.4 Å². The molecule has 1 aliphatic carbocycles. The van der Waals surface area contributed by atoms with E-state index in [1.807, 2.05) is 31.2 Å². The fraction of sp³-hybridized carbons (Fsp3) is 0.312. The zero-order valence-electron chi connectivity index (χ0n) is 12.1. The van der Waals surface area contributed by atoms with Gasteiger partial charge in [0.05, 0.1) is 11.6 Å². The molecule has 0 saturated heterocycles. The molecule has 1 atom stereocenters. The Bertz CT molecular complexity index is 746. The lowest BCUT2D eigenvalue weighted by Crippen LogP contribution is -2.23. The summed E-state index contributed by atoms with van der Waals surface area (Å²) in [6.45, 7) is 1.97. The Morgan fingerprint density at radius 1 is 1.23 bits per heavy atom. The fourth-order valence-electron chi connectivity index (χ4n) is 2.90. The first-order chi connectivity index (χ1) is 10.5. The molecule has 2 N–H and O–H groups in total. The summed E-state index contributed by atoms with van der Waals surface area (Å²) >= 11 is 0. The lowest BCUT2D eigenvalue weighted by atomic mass is 9.86. The molecule has 22 heavy (non-hydrogen) atoms. The quantitative estimate of drug-likeness (QED) is 0.905. The topological polar surface area (TPSA) is 92.4 Å². The number of nitrogens with zero attached hydrogens (tertiary/aromatic N) is 2. The Morgan fingerprint density at radius 2 is 1.91 bits per heavy atom. The molecule has 0 fully saturated rings. The van der Waals surface area contributed by atoms with Crippen LogP contribution in [-0.2, 0) is 17.6 Å². The van der Waals surface area contributed by atoms with Crippen molar-refractivity contribution >= 4 is 11.9 Å². The Hall–Kier alpha value is -2.63.